The summed E-state index contributed by atoms with van der Waals surface area (Å²) in [6, 6.07) is 16.5. The van der Waals surface area contributed by atoms with Crippen molar-refractivity contribution in [1.82, 2.24) is 5.32 Å². The van der Waals surface area contributed by atoms with Crippen molar-refractivity contribution in [1.29, 1.82) is 0 Å². The molecular weight excluding hydrogens is 396 g/mol. The molecule has 28 heavy (non-hydrogen) atoms. The summed E-state index contributed by atoms with van der Waals surface area (Å²) in [6.07, 6.45) is 0.757. The quantitative estimate of drug-likeness (QED) is 0.552. The molecule has 1 aliphatic rings. The van der Waals surface area contributed by atoms with Gasteiger partial charge in [0.2, 0.25) is 11.8 Å². The number of hydrogen-bond acceptors (Lipinski definition) is 5. The van der Waals surface area contributed by atoms with Gasteiger partial charge in [0.1, 0.15) is 5.25 Å². The predicted octanol–water partition coefficient (Wildman–Crippen LogP) is 4.07. The fourth-order valence-corrected chi connectivity index (χ4v) is 3.61. The molecule has 2 aromatic carbocycles. The average Bonchev–Trinajstić information content (AvgIpc) is 3.04. The number of thioether (sulfide) groups is 1. The molecule has 1 aliphatic heterocycles. The minimum atomic E-state index is -0.539. The molecule has 2 amide bonds. The molecular formula is C20H19ClN4O2S. The maximum atomic E-state index is 12.2. The smallest absolute Gasteiger partial charge is 0.240 e. The highest BCUT2D eigenvalue weighted by Gasteiger charge is 2.32. The van der Waals surface area contributed by atoms with E-state index < -0.39 is 5.25 Å². The molecule has 2 N–H and O–H groups in total. The van der Waals surface area contributed by atoms with Gasteiger partial charge in [0.05, 0.1) is 5.71 Å². The summed E-state index contributed by atoms with van der Waals surface area (Å²) in [7, 11) is 0. The van der Waals surface area contributed by atoms with Crippen LogP contribution in [0.5, 0.6) is 0 Å². The third-order valence-corrected chi connectivity index (χ3v) is 5.30. The zero-order chi connectivity index (χ0) is 19.9. The number of carbonyl (C=O) groups is 2. The van der Waals surface area contributed by atoms with Crippen molar-refractivity contribution >= 4 is 51.7 Å². The molecule has 0 spiro atoms. The number of rotatable bonds is 6. The molecule has 1 atom stereocenters. The summed E-state index contributed by atoms with van der Waals surface area (Å²) < 4.78 is 0. The summed E-state index contributed by atoms with van der Waals surface area (Å²) in [5.74, 6) is -0.499. The molecule has 1 fully saturated rings. The van der Waals surface area contributed by atoms with E-state index in [0.29, 0.717) is 22.3 Å². The van der Waals surface area contributed by atoms with Gasteiger partial charge in [-0.05, 0) is 36.2 Å². The lowest BCUT2D eigenvalue weighted by Gasteiger charge is -2.07. The van der Waals surface area contributed by atoms with E-state index >= 15 is 0 Å². The summed E-state index contributed by atoms with van der Waals surface area (Å²) in [6.45, 7) is 2.00. The van der Waals surface area contributed by atoms with Crippen molar-refractivity contribution in [3.63, 3.8) is 0 Å². The molecule has 0 bridgehead atoms. The number of benzene rings is 2. The van der Waals surface area contributed by atoms with Crippen LogP contribution in [0.25, 0.3) is 0 Å². The first-order valence-electron chi connectivity index (χ1n) is 8.78. The first kappa shape index (κ1) is 20.1. The molecule has 1 saturated heterocycles. The monoisotopic (exact) mass is 414 g/mol. The first-order chi connectivity index (χ1) is 13.5. The van der Waals surface area contributed by atoms with Crippen molar-refractivity contribution in [2.45, 2.75) is 25.0 Å². The number of anilines is 1. The SMILES string of the molecule is CC/C(=N\N=C1/NC(=O)C(CC(=O)Nc2ccc(Cl)cc2)S1)c1ccccc1. The first-order valence-corrected chi connectivity index (χ1v) is 10.0. The Labute approximate surface area is 172 Å². The largest absolute Gasteiger partial charge is 0.326 e. The Morgan fingerprint density at radius 3 is 2.57 bits per heavy atom. The molecule has 8 heteroatoms. The van der Waals surface area contributed by atoms with Gasteiger partial charge in [0.15, 0.2) is 5.17 Å². The Bertz CT molecular complexity index is 914. The molecule has 1 unspecified atom stereocenters. The highest BCUT2D eigenvalue weighted by atomic mass is 35.5. The third-order valence-electron chi connectivity index (χ3n) is 3.98. The molecule has 144 valence electrons. The van der Waals surface area contributed by atoms with Gasteiger partial charge in [-0.15, -0.1) is 5.10 Å². The lowest BCUT2D eigenvalue weighted by molar-refractivity contribution is -0.122. The number of halogens is 1. The van der Waals surface area contributed by atoms with Gasteiger partial charge >= 0.3 is 0 Å². The number of nitrogens with one attached hydrogen (secondary N) is 2. The zero-order valence-electron chi connectivity index (χ0n) is 15.2. The van der Waals surface area contributed by atoms with E-state index in [1.165, 1.54) is 11.8 Å². The molecule has 6 nitrogen and oxygen atoms in total. The second kappa shape index (κ2) is 9.52. The molecule has 0 radical (unpaired) electrons. The Hall–Kier alpha value is -2.64. The number of nitrogens with zero attached hydrogens (tertiary/aromatic N) is 2. The predicted molar refractivity (Wildman–Crippen MR) is 115 cm³/mol. The molecule has 1 heterocycles. The minimum absolute atomic E-state index is 0.0428. The number of carbonyl (C=O) groups excluding carboxylic acids is 2. The standard InChI is InChI=1S/C20H19ClN4O2S/c1-2-16(13-6-4-3-5-7-13)24-25-20-23-19(27)17(28-20)12-18(26)22-15-10-8-14(21)9-11-15/h3-11,17H,2,12H2,1H3,(H,22,26)(H,23,25,27)/b24-16+. The molecule has 0 aliphatic carbocycles. The Morgan fingerprint density at radius 2 is 1.89 bits per heavy atom. The van der Waals surface area contributed by atoms with E-state index in [1.807, 2.05) is 37.3 Å². The van der Waals surface area contributed by atoms with Gasteiger partial charge in [-0.25, -0.2) is 0 Å². The second-order valence-electron chi connectivity index (χ2n) is 6.03. The Morgan fingerprint density at radius 1 is 1.18 bits per heavy atom. The van der Waals surface area contributed by atoms with E-state index in [9.17, 15) is 9.59 Å². The minimum Gasteiger partial charge on any atom is -0.326 e. The van der Waals surface area contributed by atoms with Crippen LogP contribution in [0.3, 0.4) is 0 Å². The van der Waals surface area contributed by atoms with Crippen LogP contribution in [0.4, 0.5) is 5.69 Å². The van der Waals surface area contributed by atoms with E-state index in [2.05, 4.69) is 20.8 Å². The van der Waals surface area contributed by atoms with Crippen LogP contribution in [0.1, 0.15) is 25.3 Å². The average molecular weight is 415 g/mol. The van der Waals surface area contributed by atoms with Crippen molar-refractivity contribution in [2.24, 2.45) is 10.2 Å². The van der Waals surface area contributed by atoms with Crippen molar-refractivity contribution in [2.75, 3.05) is 5.32 Å². The normalized spacial score (nSPS) is 18.2. The van der Waals surface area contributed by atoms with Gasteiger partial charge in [-0.3, -0.25) is 9.59 Å². The summed E-state index contributed by atoms with van der Waals surface area (Å²) >= 11 is 7.04. The molecule has 0 aromatic heterocycles. The highest BCUT2D eigenvalue weighted by Crippen LogP contribution is 2.23. The van der Waals surface area contributed by atoms with Crippen LogP contribution in [-0.4, -0.2) is 27.9 Å². The Balaban J connectivity index is 1.61. The summed E-state index contributed by atoms with van der Waals surface area (Å²) in [4.78, 5) is 24.3. The fraction of sp³-hybridized carbons (Fsp3) is 0.200. The van der Waals surface area contributed by atoms with E-state index in [4.69, 9.17) is 11.6 Å². The van der Waals surface area contributed by atoms with Crippen LogP contribution >= 0.6 is 23.4 Å². The fourth-order valence-electron chi connectivity index (χ4n) is 2.57. The topological polar surface area (TPSA) is 82.9 Å². The van der Waals surface area contributed by atoms with Crippen molar-refractivity contribution in [3.05, 3.63) is 65.2 Å². The maximum Gasteiger partial charge on any atom is 0.240 e. The van der Waals surface area contributed by atoms with Gasteiger partial charge in [-0.2, -0.15) is 5.10 Å². The Kier molecular flexibility index (Phi) is 6.84. The lowest BCUT2D eigenvalue weighted by atomic mass is 10.1. The molecule has 0 saturated carbocycles. The van der Waals surface area contributed by atoms with E-state index in [1.54, 1.807) is 24.3 Å². The highest BCUT2D eigenvalue weighted by molar-refractivity contribution is 8.15. The van der Waals surface area contributed by atoms with Crippen molar-refractivity contribution < 1.29 is 9.59 Å². The second-order valence-corrected chi connectivity index (χ2v) is 7.65. The van der Waals surface area contributed by atoms with Crippen molar-refractivity contribution in [3.8, 4) is 0 Å². The van der Waals surface area contributed by atoms with E-state index in [0.717, 1.165) is 11.3 Å². The van der Waals surface area contributed by atoms with Crippen LogP contribution in [0.2, 0.25) is 5.02 Å². The lowest BCUT2D eigenvalue weighted by Crippen LogP contribution is -2.28. The maximum absolute atomic E-state index is 12.2. The van der Waals surface area contributed by atoms with Crippen LogP contribution in [0, 0.1) is 0 Å². The zero-order valence-corrected chi connectivity index (χ0v) is 16.8. The summed E-state index contributed by atoms with van der Waals surface area (Å²) in [5.41, 5.74) is 2.45. The number of amides is 2. The number of amidine groups is 1. The molecule has 2 aromatic rings. The van der Waals surface area contributed by atoms with Gasteiger partial charge in [0.25, 0.3) is 0 Å². The van der Waals surface area contributed by atoms with Gasteiger partial charge in [-0.1, -0.05) is 60.6 Å². The van der Waals surface area contributed by atoms with Crippen LogP contribution in [0.15, 0.2) is 64.8 Å². The van der Waals surface area contributed by atoms with Crippen LogP contribution in [-0.2, 0) is 9.59 Å². The molecule has 3 rings (SSSR count). The van der Waals surface area contributed by atoms with E-state index in [-0.39, 0.29) is 18.2 Å². The van der Waals surface area contributed by atoms with Gasteiger partial charge < -0.3 is 10.6 Å². The van der Waals surface area contributed by atoms with Gasteiger partial charge in [0, 0.05) is 17.1 Å². The third kappa shape index (κ3) is 5.43. The number of hydrogen-bond donors (Lipinski definition) is 2. The summed E-state index contributed by atoms with van der Waals surface area (Å²) in [5, 5.41) is 14.3. The van der Waals surface area contributed by atoms with Crippen LogP contribution < -0.4 is 10.6 Å².